The number of aliphatic imine (C=N–C) groups is 1. The summed E-state index contributed by atoms with van der Waals surface area (Å²) in [5.41, 5.74) is 13.5. The van der Waals surface area contributed by atoms with E-state index in [2.05, 4.69) is 193 Å². The highest BCUT2D eigenvalue weighted by atomic mass is 32.1. The molecular weight excluding hydrogens is 663 g/mol. The molecule has 7 aromatic rings. The molecule has 2 aliphatic carbocycles. The fourth-order valence-electron chi connectivity index (χ4n) is 9.07. The van der Waals surface area contributed by atoms with Gasteiger partial charge < -0.3 is 9.80 Å². The molecule has 1 aromatic heterocycles. The van der Waals surface area contributed by atoms with E-state index >= 15 is 0 Å². The zero-order valence-electron chi connectivity index (χ0n) is 29.2. The Hall–Kier alpha value is -6.23. The van der Waals surface area contributed by atoms with Crippen molar-refractivity contribution in [1.82, 2.24) is 4.90 Å². The summed E-state index contributed by atoms with van der Waals surface area (Å²) in [5, 5.41) is 2.70. The van der Waals surface area contributed by atoms with Crippen LogP contribution in [0.5, 0.6) is 0 Å². The quantitative estimate of drug-likeness (QED) is 0.182. The first-order valence-corrected chi connectivity index (χ1v) is 19.2. The lowest BCUT2D eigenvalue weighted by atomic mass is 9.80. The van der Waals surface area contributed by atoms with E-state index in [0.717, 1.165) is 22.8 Å². The van der Waals surface area contributed by atoms with Crippen LogP contribution >= 0.6 is 11.3 Å². The third-order valence-electron chi connectivity index (χ3n) is 11.4. The average molecular weight is 698 g/mol. The highest BCUT2D eigenvalue weighted by molar-refractivity contribution is 7.26. The Bertz CT molecular complexity index is 2770. The summed E-state index contributed by atoms with van der Waals surface area (Å²) in [6, 6.07) is 51.1. The van der Waals surface area contributed by atoms with Gasteiger partial charge in [-0.1, -0.05) is 152 Å². The Balaban J connectivity index is 1.11. The van der Waals surface area contributed by atoms with Gasteiger partial charge in [-0.05, 0) is 63.2 Å². The number of rotatable bonds is 4. The molecule has 0 fully saturated rings. The Kier molecular flexibility index (Phi) is 6.83. The SMILES string of the molecule is CN1C(N2c3ccccc3C3c4ccc5sc6c(-c7ccccc7)cccc6c5c4C=CC32)=C(c2cccc(-c3ccccc3)c2)N=C2C=CC=CC21. The van der Waals surface area contributed by atoms with Crippen LogP contribution in [0.1, 0.15) is 28.2 Å². The van der Waals surface area contributed by atoms with E-state index in [1.165, 1.54) is 64.8 Å². The molecule has 3 heterocycles. The first kappa shape index (κ1) is 30.4. The Morgan fingerprint density at radius 3 is 2.25 bits per heavy atom. The Morgan fingerprint density at radius 1 is 0.623 bits per heavy atom. The number of nitrogens with zero attached hydrogens (tertiary/aromatic N) is 3. The van der Waals surface area contributed by atoms with Gasteiger partial charge in [-0.25, -0.2) is 4.99 Å². The molecule has 0 N–H and O–H groups in total. The summed E-state index contributed by atoms with van der Waals surface area (Å²) in [6.45, 7) is 0. The average Bonchev–Trinajstić information content (AvgIpc) is 3.78. The molecule has 4 aliphatic rings. The molecule has 3 unspecified atom stereocenters. The van der Waals surface area contributed by atoms with Crippen LogP contribution in [0.15, 0.2) is 181 Å². The topological polar surface area (TPSA) is 18.8 Å². The number of thiophene rings is 1. The monoisotopic (exact) mass is 697 g/mol. The van der Waals surface area contributed by atoms with Crippen LogP contribution in [0.2, 0.25) is 0 Å². The Morgan fingerprint density at radius 2 is 1.38 bits per heavy atom. The standard InChI is InChI=1S/C49H35N3S/c1-51-42-25-11-9-23-40(42)50-47(34-19-12-18-33(30-34)31-14-4-2-5-15-31)49(51)52-41-24-10-8-20-38(41)45-36-27-29-44-46(37(36)26-28-43(45)52)39-22-13-21-35(48(39)53-44)32-16-6-3-7-17-32/h2-30,42-43,45H,1H3. The van der Waals surface area contributed by atoms with Crippen molar-refractivity contribution in [3.63, 3.8) is 0 Å². The van der Waals surface area contributed by atoms with Crippen LogP contribution in [0.4, 0.5) is 5.69 Å². The maximum absolute atomic E-state index is 5.49. The molecule has 0 bridgehead atoms. The van der Waals surface area contributed by atoms with Crippen molar-refractivity contribution >= 4 is 54.7 Å². The van der Waals surface area contributed by atoms with Gasteiger partial charge in [0, 0.05) is 44.4 Å². The van der Waals surface area contributed by atoms with Gasteiger partial charge >= 0.3 is 0 Å². The first-order valence-electron chi connectivity index (χ1n) is 18.4. The van der Waals surface area contributed by atoms with Crippen molar-refractivity contribution in [2.45, 2.75) is 18.0 Å². The minimum Gasteiger partial charge on any atom is -0.347 e. The third kappa shape index (κ3) is 4.62. The van der Waals surface area contributed by atoms with E-state index in [-0.39, 0.29) is 18.0 Å². The number of hydrogen-bond donors (Lipinski definition) is 0. The molecule has 0 amide bonds. The van der Waals surface area contributed by atoms with Gasteiger partial charge in [0.05, 0.1) is 17.8 Å². The fourth-order valence-corrected chi connectivity index (χ4v) is 10.3. The minimum atomic E-state index is 0.0535. The molecular formula is C49H35N3S. The lowest BCUT2D eigenvalue weighted by Crippen LogP contribution is -2.48. The van der Waals surface area contributed by atoms with Gasteiger partial charge in [-0.15, -0.1) is 11.3 Å². The van der Waals surface area contributed by atoms with E-state index in [1.807, 2.05) is 11.3 Å². The fraction of sp³-hybridized carbons (Fsp3) is 0.0816. The normalized spacial score (nSPS) is 19.7. The van der Waals surface area contributed by atoms with Crippen molar-refractivity contribution < 1.29 is 0 Å². The second kappa shape index (κ2) is 11.9. The van der Waals surface area contributed by atoms with Gasteiger partial charge in [0.15, 0.2) is 0 Å². The molecule has 3 atom stereocenters. The van der Waals surface area contributed by atoms with Crippen molar-refractivity contribution in [2.24, 2.45) is 4.99 Å². The van der Waals surface area contributed by atoms with Crippen LogP contribution in [-0.2, 0) is 0 Å². The zero-order valence-corrected chi connectivity index (χ0v) is 30.0. The van der Waals surface area contributed by atoms with Crippen LogP contribution in [0, 0.1) is 0 Å². The summed E-state index contributed by atoms with van der Waals surface area (Å²) in [7, 11) is 2.24. The molecule has 252 valence electrons. The number of anilines is 1. The first-order chi connectivity index (χ1) is 26.2. The van der Waals surface area contributed by atoms with Gasteiger partial charge in [-0.2, -0.15) is 0 Å². The third-order valence-corrected chi connectivity index (χ3v) is 12.6. The van der Waals surface area contributed by atoms with Crippen molar-refractivity contribution in [3.05, 3.63) is 198 Å². The number of benzene rings is 6. The molecule has 11 rings (SSSR count). The molecule has 0 radical (unpaired) electrons. The van der Waals surface area contributed by atoms with Gasteiger partial charge in [0.25, 0.3) is 0 Å². The summed E-state index contributed by atoms with van der Waals surface area (Å²) in [5.74, 6) is 1.30. The van der Waals surface area contributed by atoms with Crippen LogP contribution < -0.4 is 4.90 Å². The van der Waals surface area contributed by atoms with E-state index in [1.54, 1.807) is 0 Å². The predicted molar refractivity (Wildman–Crippen MR) is 224 cm³/mol. The van der Waals surface area contributed by atoms with Crippen molar-refractivity contribution in [3.8, 4) is 22.3 Å². The maximum Gasteiger partial charge on any atom is 0.137 e. The number of para-hydroxylation sites is 1. The van der Waals surface area contributed by atoms with E-state index in [0.29, 0.717) is 0 Å². The van der Waals surface area contributed by atoms with E-state index in [9.17, 15) is 0 Å². The van der Waals surface area contributed by atoms with Gasteiger partial charge in [-0.3, -0.25) is 0 Å². The summed E-state index contributed by atoms with van der Waals surface area (Å²) >= 11 is 1.91. The van der Waals surface area contributed by atoms with Crippen LogP contribution in [0.3, 0.4) is 0 Å². The second-order valence-electron chi connectivity index (χ2n) is 14.3. The second-order valence-corrected chi connectivity index (χ2v) is 15.4. The van der Waals surface area contributed by atoms with E-state index < -0.39 is 0 Å². The summed E-state index contributed by atoms with van der Waals surface area (Å²) in [6.07, 6.45) is 13.6. The minimum absolute atomic E-state index is 0.0535. The molecule has 2 aliphatic heterocycles. The summed E-state index contributed by atoms with van der Waals surface area (Å²) in [4.78, 5) is 10.5. The van der Waals surface area contributed by atoms with Crippen molar-refractivity contribution in [2.75, 3.05) is 11.9 Å². The molecule has 0 spiro atoms. The van der Waals surface area contributed by atoms with E-state index in [4.69, 9.17) is 4.99 Å². The molecule has 4 heteroatoms. The van der Waals surface area contributed by atoms with Crippen molar-refractivity contribution in [1.29, 1.82) is 0 Å². The smallest absolute Gasteiger partial charge is 0.137 e. The molecule has 53 heavy (non-hydrogen) atoms. The lowest BCUT2D eigenvalue weighted by Gasteiger charge is -2.43. The van der Waals surface area contributed by atoms with Gasteiger partial charge in [0.1, 0.15) is 11.5 Å². The molecule has 0 saturated heterocycles. The maximum atomic E-state index is 5.49. The molecule has 3 nitrogen and oxygen atoms in total. The summed E-state index contributed by atoms with van der Waals surface area (Å²) < 4.78 is 2.69. The zero-order chi connectivity index (χ0) is 35.0. The van der Waals surface area contributed by atoms with Crippen LogP contribution in [0.25, 0.3) is 54.2 Å². The highest BCUT2D eigenvalue weighted by Crippen LogP contribution is 2.54. The highest BCUT2D eigenvalue weighted by Gasteiger charge is 2.45. The number of fused-ring (bicyclic) bond motifs is 10. The number of hydrogen-bond acceptors (Lipinski definition) is 4. The molecule has 0 saturated carbocycles. The lowest BCUT2D eigenvalue weighted by molar-refractivity contribution is 0.391. The predicted octanol–water partition coefficient (Wildman–Crippen LogP) is 11.9. The largest absolute Gasteiger partial charge is 0.347 e. The number of allylic oxidation sites excluding steroid dienone is 2. The molecule has 6 aromatic carbocycles. The van der Waals surface area contributed by atoms with Crippen LogP contribution in [-0.4, -0.2) is 29.7 Å². The Labute approximate surface area is 313 Å². The van der Waals surface area contributed by atoms with Gasteiger partial charge in [0.2, 0.25) is 0 Å². The number of likely N-dealkylation sites (N-methyl/N-ethyl adjacent to an activating group) is 1.